The standard InChI is InChI=1S/C14H16ClN3O3S/c15-12-3-1-10(2-4-12)13-16-14(18(17-13)6-7-19)11-5-8-22(20,21)9-11/h1-4,11,19H,5-9H2/t11-/m0/s1. The maximum atomic E-state index is 11.7. The van der Waals surface area contributed by atoms with Gasteiger partial charge in [-0.1, -0.05) is 11.6 Å². The molecule has 3 rings (SSSR count). The summed E-state index contributed by atoms with van der Waals surface area (Å²) < 4.78 is 25.0. The van der Waals surface area contributed by atoms with E-state index in [0.29, 0.717) is 29.6 Å². The highest BCUT2D eigenvalue weighted by atomic mass is 35.5. The molecule has 118 valence electrons. The van der Waals surface area contributed by atoms with Crippen molar-refractivity contribution < 1.29 is 13.5 Å². The maximum absolute atomic E-state index is 11.7. The summed E-state index contributed by atoms with van der Waals surface area (Å²) in [5.41, 5.74) is 0.809. The number of hydrogen-bond donors (Lipinski definition) is 1. The molecule has 1 aliphatic heterocycles. The number of hydrogen-bond acceptors (Lipinski definition) is 5. The molecule has 0 spiro atoms. The molecule has 2 heterocycles. The molecule has 2 aromatic rings. The first-order valence-electron chi connectivity index (χ1n) is 7.00. The Morgan fingerprint density at radius 3 is 2.64 bits per heavy atom. The van der Waals surface area contributed by atoms with Crippen molar-refractivity contribution >= 4 is 21.4 Å². The number of aliphatic hydroxyl groups excluding tert-OH is 1. The molecule has 0 saturated carbocycles. The lowest BCUT2D eigenvalue weighted by Crippen LogP contribution is -2.13. The average Bonchev–Trinajstić information content (AvgIpc) is 3.03. The summed E-state index contributed by atoms with van der Waals surface area (Å²) in [6, 6.07) is 7.14. The summed E-state index contributed by atoms with van der Waals surface area (Å²) in [5.74, 6) is 1.26. The number of halogens is 1. The highest BCUT2D eigenvalue weighted by Crippen LogP contribution is 2.29. The molecule has 0 amide bonds. The van der Waals surface area contributed by atoms with Gasteiger partial charge in [-0.3, -0.25) is 0 Å². The summed E-state index contributed by atoms with van der Waals surface area (Å²) in [4.78, 5) is 4.51. The van der Waals surface area contributed by atoms with E-state index in [4.69, 9.17) is 11.6 Å². The third-order valence-corrected chi connectivity index (χ3v) is 5.73. The van der Waals surface area contributed by atoms with E-state index >= 15 is 0 Å². The first-order chi connectivity index (χ1) is 10.5. The lowest BCUT2D eigenvalue weighted by molar-refractivity contribution is 0.266. The fourth-order valence-electron chi connectivity index (χ4n) is 2.64. The van der Waals surface area contributed by atoms with Crippen LogP contribution in [-0.4, -0.2) is 46.4 Å². The molecule has 22 heavy (non-hydrogen) atoms. The second kappa shape index (κ2) is 5.98. The van der Waals surface area contributed by atoms with Gasteiger partial charge in [-0.05, 0) is 30.7 Å². The van der Waals surface area contributed by atoms with E-state index in [1.54, 1.807) is 16.8 Å². The maximum Gasteiger partial charge on any atom is 0.181 e. The predicted octanol–water partition coefficient (Wildman–Crippen LogP) is 1.49. The van der Waals surface area contributed by atoms with Gasteiger partial charge in [0.2, 0.25) is 0 Å². The molecule has 0 bridgehead atoms. The van der Waals surface area contributed by atoms with E-state index in [2.05, 4.69) is 10.1 Å². The molecule has 6 nitrogen and oxygen atoms in total. The van der Waals surface area contributed by atoms with Gasteiger partial charge >= 0.3 is 0 Å². The quantitative estimate of drug-likeness (QED) is 0.910. The highest BCUT2D eigenvalue weighted by Gasteiger charge is 2.32. The van der Waals surface area contributed by atoms with Crippen molar-refractivity contribution in [3.05, 3.63) is 35.1 Å². The first-order valence-corrected chi connectivity index (χ1v) is 9.20. The molecule has 1 N–H and O–H groups in total. The first kappa shape index (κ1) is 15.5. The average molecular weight is 342 g/mol. The topological polar surface area (TPSA) is 85.1 Å². The molecule has 8 heteroatoms. The van der Waals surface area contributed by atoms with Crippen molar-refractivity contribution in [3.63, 3.8) is 0 Å². The summed E-state index contributed by atoms with van der Waals surface area (Å²) in [6.07, 6.45) is 0.548. The van der Waals surface area contributed by atoms with Gasteiger partial charge in [0.25, 0.3) is 0 Å². The zero-order valence-electron chi connectivity index (χ0n) is 11.8. The minimum Gasteiger partial charge on any atom is -0.394 e. The molecule has 1 atom stereocenters. The molecule has 0 aliphatic carbocycles. The van der Waals surface area contributed by atoms with Crippen LogP contribution in [0.2, 0.25) is 5.02 Å². The lowest BCUT2D eigenvalue weighted by atomic mass is 10.1. The van der Waals surface area contributed by atoms with Crippen LogP contribution in [0.25, 0.3) is 11.4 Å². The van der Waals surface area contributed by atoms with Crippen LogP contribution in [0, 0.1) is 0 Å². The van der Waals surface area contributed by atoms with Gasteiger partial charge in [-0.25, -0.2) is 18.1 Å². The largest absolute Gasteiger partial charge is 0.394 e. The molecule has 1 saturated heterocycles. The van der Waals surface area contributed by atoms with Gasteiger partial charge in [-0.15, -0.1) is 0 Å². The van der Waals surface area contributed by atoms with Crippen LogP contribution in [0.15, 0.2) is 24.3 Å². The van der Waals surface area contributed by atoms with Crippen LogP contribution in [0.1, 0.15) is 18.2 Å². The van der Waals surface area contributed by atoms with Crippen molar-refractivity contribution in [3.8, 4) is 11.4 Å². The van der Waals surface area contributed by atoms with Crippen LogP contribution in [0.3, 0.4) is 0 Å². The van der Waals surface area contributed by atoms with Crippen molar-refractivity contribution in [1.82, 2.24) is 14.8 Å². The Labute approximate surface area is 133 Å². The third kappa shape index (κ3) is 3.16. The highest BCUT2D eigenvalue weighted by molar-refractivity contribution is 7.91. The van der Waals surface area contributed by atoms with Crippen LogP contribution in [0.5, 0.6) is 0 Å². The van der Waals surface area contributed by atoms with Gasteiger partial charge in [0.05, 0.1) is 24.7 Å². The van der Waals surface area contributed by atoms with Gasteiger partial charge < -0.3 is 5.11 Å². The number of sulfone groups is 1. The van der Waals surface area contributed by atoms with Crippen LogP contribution < -0.4 is 0 Å². The smallest absolute Gasteiger partial charge is 0.181 e. The lowest BCUT2D eigenvalue weighted by Gasteiger charge is -2.08. The fraction of sp³-hybridized carbons (Fsp3) is 0.429. The monoisotopic (exact) mass is 341 g/mol. The molecule has 0 radical (unpaired) electrons. The van der Waals surface area contributed by atoms with Crippen molar-refractivity contribution in [2.45, 2.75) is 18.9 Å². The molecular weight excluding hydrogens is 326 g/mol. The number of aromatic nitrogens is 3. The Morgan fingerprint density at radius 1 is 1.32 bits per heavy atom. The van der Waals surface area contributed by atoms with Gasteiger partial charge in [0, 0.05) is 16.5 Å². The van der Waals surface area contributed by atoms with Crippen LogP contribution in [0.4, 0.5) is 0 Å². The van der Waals surface area contributed by atoms with Crippen LogP contribution >= 0.6 is 11.6 Å². The third-order valence-electron chi connectivity index (χ3n) is 3.71. The molecular formula is C14H16ClN3O3S. The Morgan fingerprint density at radius 2 is 2.05 bits per heavy atom. The Bertz CT molecular complexity index is 771. The van der Waals surface area contributed by atoms with Crippen molar-refractivity contribution in [2.24, 2.45) is 0 Å². The van der Waals surface area contributed by atoms with E-state index in [1.807, 2.05) is 12.1 Å². The molecule has 1 aliphatic rings. The summed E-state index contributed by atoms with van der Waals surface area (Å²) in [5, 5.41) is 14.2. The second-order valence-electron chi connectivity index (χ2n) is 5.35. The number of nitrogens with zero attached hydrogens (tertiary/aromatic N) is 3. The zero-order chi connectivity index (χ0) is 15.7. The summed E-state index contributed by atoms with van der Waals surface area (Å²) in [6.45, 7) is 0.225. The zero-order valence-corrected chi connectivity index (χ0v) is 13.4. The minimum absolute atomic E-state index is 0.0735. The Kier molecular flexibility index (Phi) is 4.20. The fourth-order valence-corrected chi connectivity index (χ4v) is 4.50. The van der Waals surface area contributed by atoms with E-state index < -0.39 is 9.84 Å². The van der Waals surface area contributed by atoms with E-state index in [-0.39, 0.29) is 24.0 Å². The SMILES string of the molecule is O=S1(=O)CC[C@H](c2nc(-c3ccc(Cl)cc3)nn2CCO)C1. The van der Waals surface area contributed by atoms with Crippen molar-refractivity contribution in [1.29, 1.82) is 0 Å². The molecule has 1 aromatic carbocycles. The minimum atomic E-state index is -3.00. The van der Waals surface area contributed by atoms with Crippen LogP contribution in [-0.2, 0) is 16.4 Å². The van der Waals surface area contributed by atoms with Gasteiger partial charge in [0.15, 0.2) is 15.7 Å². The Hall–Kier alpha value is -1.44. The molecule has 1 fully saturated rings. The normalized spacial score (nSPS) is 20.4. The number of rotatable bonds is 4. The Balaban J connectivity index is 1.97. The number of aliphatic hydroxyl groups is 1. The summed E-state index contributed by atoms with van der Waals surface area (Å²) in [7, 11) is -3.00. The molecule has 0 unspecified atom stereocenters. The summed E-state index contributed by atoms with van der Waals surface area (Å²) >= 11 is 5.87. The van der Waals surface area contributed by atoms with E-state index in [1.165, 1.54) is 0 Å². The predicted molar refractivity (Wildman–Crippen MR) is 83.6 cm³/mol. The van der Waals surface area contributed by atoms with Gasteiger partial charge in [-0.2, -0.15) is 5.10 Å². The van der Waals surface area contributed by atoms with E-state index in [0.717, 1.165) is 5.56 Å². The number of benzene rings is 1. The van der Waals surface area contributed by atoms with E-state index in [9.17, 15) is 13.5 Å². The van der Waals surface area contributed by atoms with Gasteiger partial charge in [0.1, 0.15) is 5.82 Å². The molecule has 1 aromatic heterocycles. The second-order valence-corrected chi connectivity index (χ2v) is 8.01. The van der Waals surface area contributed by atoms with Crippen molar-refractivity contribution in [2.75, 3.05) is 18.1 Å².